The molecular weight excluding hydrogens is 306 g/mol. The number of benzene rings is 1. The van der Waals surface area contributed by atoms with Gasteiger partial charge in [0.25, 0.3) is 0 Å². The van der Waals surface area contributed by atoms with Crippen LogP contribution in [-0.2, 0) is 4.79 Å². The van der Waals surface area contributed by atoms with Crippen molar-refractivity contribution in [3.8, 4) is 11.8 Å². The Kier molecular flexibility index (Phi) is 8.22. The summed E-state index contributed by atoms with van der Waals surface area (Å²) in [6.07, 6.45) is 7.49. The molecule has 0 radical (unpaired) electrons. The maximum atomic E-state index is 13.0. The van der Waals surface area contributed by atoms with Gasteiger partial charge >= 0.3 is 0 Å². The second kappa shape index (κ2) is 10.4. The van der Waals surface area contributed by atoms with E-state index >= 15 is 0 Å². The summed E-state index contributed by atoms with van der Waals surface area (Å²) >= 11 is 0. The summed E-state index contributed by atoms with van der Waals surface area (Å²) in [6.45, 7) is 5.11. The maximum Gasteiger partial charge on any atom is 0.141 e. The van der Waals surface area contributed by atoms with Crippen molar-refractivity contribution in [3.63, 3.8) is 0 Å². The smallest absolute Gasteiger partial charge is 0.141 e. The Balaban J connectivity index is 1.95. The second-order valence-corrected chi connectivity index (χ2v) is 7.62. The average Bonchev–Trinajstić information content (AvgIpc) is 2.63. The van der Waals surface area contributed by atoms with Crippen molar-refractivity contribution in [2.24, 2.45) is 5.92 Å². The fourth-order valence-corrected chi connectivity index (χ4v) is 3.64. The van der Waals surface area contributed by atoms with Crippen molar-refractivity contribution in [1.29, 1.82) is 0 Å². The lowest BCUT2D eigenvalue weighted by molar-refractivity contribution is -0.121. The van der Waals surface area contributed by atoms with Crippen LogP contribution in [-0.4, -0.2) is 30.3 Å². The number of ketones is 1. The molecule has 1 aromatic carbocycles. The first-order valence-corrected chi connectivity index (χ1v) is 9.83. The zero-order valence-electron chi connectivity index (χ0n) is 16.1. The van der Waals surface area contributed by atoms with Crippen LogP contribution in [0.25, 0.3) is 0 Å². The normalized spacial score (nSPS) is 16.5. The first-order valence-electron chi connectivity index (χ1n) is 9.83. The minimum absolute atomic E-state index is 0.0710. The van der Waals surface area contributed by atoms with Crippen LogP contribution in [0, 0.1) is 17.8 Å². The largest absolute Gasteiger partial charge is 0.299 e. The molecule has 1 fully saturated rings. The summed E-state index contributed by atoms with van der Waals surface area (Å²) in [5, 5.41) is 0. The summed E-state index contributed by atoms with van der Waals surface area (Å²) < 4.78 is 0. The fourth-order valence-electron chi connectivity index (χ4n) is 3.64. The van der Waals surface area contributed by atoms with E-state index in [1.54, 1.807) is 0 Å². The van der Waals surface area contributed by atoms with Gasteiger partial charge in [-0.2, -0.15) is 0 Å². The molecule has 25 heavy (non-hydrogen) atoms. The highest BCUT2D eigenvalue weighted by Gasteiger charge is 2.30. The summed E-state index contributed by atoms with van der Waals surface area (Å²) in [5.74, 6) is 7.37. The molecule has 1 aromatic rings. The molecule has 2 nitrogen and oxygen atoms in total. The molecular formula is C23H33NO. The zero-order valence-corrected chi connectivity index (χ0v) is 16.1. The highest BCUT2D eigenvalue weighted by atomic mass is 16.1. The second-order valence-electron chi connectivity index (χ2n) is 7.62. The summed E-state index contributed by atoms with van der Waals surface area (Å²) in [7, 11) is 2.08. The predicted molar refractivity (Wildman–Crippen MR) is 106 cm³/mol. The molecule has 1 unspecified atom stereocenters. The number of Topliss-reactive ketones (excluding diaryl/α,β-unsaturated/α-hetero) is 1. The van der Waals surface area contributed by atoms with Gasteiger partial charge in [0, 0.05) is 24.8 Å². The molecule has 0 spiro atoms. The molecule has 0 aliphatic heterocycles. The Bertz CT molecular complexity index is 575. The first kappa shape index (κ1) is 19.7. The number of carbonyl (C=O) groups excluding carboxylic acids is 1. The minimum atomic E-state index is 0.0710. The van der Waals surface area contributed by atoms with Crippen LogP contribution >= 0.6 is 0 Å². The van der Waals surface area contributed by atoms with Crippen LogP contribution in [0.1, 0.15) is 70.3 Å². The van der Waals surface area contributed by atoms with E-state index in [9.17, 15) is 4.79 Å². The quantitative estimate of drug-likeness (QED) is 0.648. The Morgan fingerprint density at radius 2 is 1.80 bits per heavy atom. The Morgan fingerprint density at radius 3 is 2.44 bits per heavy atom. The number of nitrogens with zero attached hydrogens (tertiary/aromatic N) is 1. The Labute approximate surface area is 154 Å². The molecule has 0 aromatic heterocycles. The van der Waals surface area contributed by atoms with Gasteiger partial charge in [-0.05, 0) is 45.2 Å². The third-order valence-corrected chi connectivity index (χ3v) is 5.46. The highest BCUT2D eigenvalue weighted by molar-refractivity contribution is 5.86. The minimum Gasteiger partial charge on any atom is -0.299 e. The first-order chi connectivity index (χ1) is 12.1. The van der Waals surface area contributed by atoms with E-state index in [-0.39, 0.29) is 5.92 Å². The standard InChI is InChI=1S/C23H33NO/c1-19(2)24(3)18-12-6-11-17-22(25)23(20-13-7-4-8-14-20)21-15-9-5-10-16-21/h4,7-8,13-14,19,21,23H,5,9-11,15-18H2,1-3H3. The SMILES string of the molecule is CC(C)N(C)CC#CCCC(=O)C(c1ccccc1)C1CCCCC1. The van der Waals surface area contributed by atoms with Crippen molar-refractivity contribution in [3.05, 3.63) is 35.9 Å². The van der Waals surface area contributed by atoms with Crippen LogP contribution in [0.2, 0.25) is 0 Å². The van der Waals surface area contributed by atoms with Gasteiger partial charge in [-0.3, -0.25) is 9.69 Å². The van der Waals surface area contributed by atoms with Gasteiger partial charge in [0.05, 0.1) is 6.54 Å². The molecule has 1 atom stereocenters. The van der Waals surface area contributed by atoms with Crippen LogP contribution in [0.4, 0.5) is 0 Å². The molecule has 2 rings (SSSR count). The molecule has 1 aliphatic rings. The number of rotatable bonds is 7. The van der Waals surface area contributed by atoms with Crippen molar-refractivity contribution in [2.75, 3.05) is 13.6 Å². The van der Waals surface area contributed by atoms with E-state index in [0.717, 1.165) is 6.54 Å². The van der Waals surface area contributed by atoms with Crippen LogP contribution in [0.3, 0.4) is 0 Å². The summed E-state index contributed by atoms with van der Waals surface area (Å²) in [4.78, 5) is 15.2. The van der Waals surface area contributed by atoms with Gasteiger partial charge in [-0.1, -0.05) is 55.5 Å². The molecule has 0 heterocycles. The number of hydrogen-bond acceptors (Lipinski definition) is 2. The Morgan fingerprint density at radius 1 is 1.12 bits per heavy atom. The van der Waals surface area contributed by atoms with Gasteiger partial charge in [-0.25, -0.2) is 0 Å². The van der Waals surface area contributed by atoms with Gasteiger partial charge in [0.15, 0.2) is 0 Å². The lowest BCUT2D eigenvalue weighted by Crippen LogP contribution is -2.26. The van der Waals surface area contributed by atoms with Crippen LogP contribution in [0.15, 0.2) is 30.3 Å². The van der Waals surface area contributed by atoms with E-state index < -0.39 is 0 Å². The third-order valence-electron chi connectivity index (χ3n) is 5.46. The molecule has 0 N–H and O–H groups in total. The lowest BCUT2D eigenvalue weighted by atomic mass is 9.74. The van der Waals surface area contributed by atoms with E-state index in [0.29, 0.717) is 30.6 Å². The molecule has 2 heteroatoms. The molecule has 136 valence electrons. The van der Waals surface area contributed by atoms with Crippen molar-refractivity contribution < 1.29 is 4.79 Å². The average molecular weight is 340 g/mol. The van der Waals surface area contributed by atoms with Gasteiger partial charge in [0.1, 0.15) is 5.78 Å². The summed E-state index contributed by atoms with van der Waals surface area (Å²) in [5.41, 5.74) is 1.20. The predicted octanol–water partition coefficient (Wildman–Crippen LogP) is 5.04. The number of carbonyl (C=O) groups is 1. The van der Waals surface area contributed by atoms with Crippen molar-refractivity contribution >= 4 is 5.78 Å². The van der Waals surface area contributed by atoms with Gasteiger partial charge in [0.2, 0.25) is 0 Å². The summed E-state index contributed by atoms with van der Waals surface area (Å²) in [6, 6.07) is 10.9. The highest BCUT2D eigenvalue weighted by Crippen LogP contribution is 2.37. The molecule has 1 aliphatic carbocycles. The third kappa shape index (κ3) is 6.33. The zero-order chi connectivity index (χ0) is 18.1. The van der Waals surface area contributed by atoms with Crippen molar-refractivity contribution in [2.45, 2.75) is 70.8 Å². The fraction of sp³-hybridized carbons (Fsp3) is 0.609. The van der Waals surface area contributed by atoms with Gasteiger partial charge in [-0.15, -0.1) is 5.92 Å². The monoisotopic (exact) mass is 339 g/mol. The molecule has 0 bridgehead atoms. The molecule has 0 amide bonds. The van der Waals surface area contributed by atoms with Gasteiger partial charge < -0.3 is 0 Å². The van der Waals surface area contributed by atoms with Crippen LogP contribution < -0.4 is 0 Å². The molecule has 1 saturated carbocycles. The van der Waals surface area contributed by atoms with E-state index in [1.807, 2.05) is 6.07 Å². The number of hydrogen-bond donors (Lipinski definition) is 0. The van der Waals surface area contributed by atoms with Crippen LogP contribution in [0.5, 0.6) is 0 Å². The topological polar surface area (TPSA) is 20.3 Å². The molecule has 0 saturated heterocycles. The lowest BCUT2D eigenvalue weighted by Gasteiger charge is -2.29. The van der Waals surface area contributed by atoms with E-state index in [1.165, 1.54) is 37.7 Å². The van der Waals surface area contributed by atoms with Crippen molar-refractivity contribution in [1.82, 2.24) is 4.90 Å². The van der Waals surface area contributed by atoms with E-state index in [2.05, 4.69) is 61.9 Å². The van der Waals surface area contributed by atoms with E-state index in [4.69, 9.17) is 0 Å². The maximum absolute atomic E-state index is 13.0. The Hall–Kier alpha value is -1.59.